The second-order valence-corrected chi connectivity index (χ2v) is 11.9. The van der Waals surface area contributed by atoms with Crippen molar-refractivity contribution in [2.45, 2.75) is 25.8 Å². The molecule has 4 N–H and O–H groups in total. The van der Waals surface area contributed by atoms with Gasteiger partial charge in [0.05, 0.1) is 24.6 Å². The van der Waals surface area contributed by atoms with E-state index in [1.807, 2.05) is 32.6 Å². The zero-order chi connectivity index (χ0) is 32.2. The number of aromatic hydroxyl groups is 1. The van der Waals surface area contributed by atoms with E-state index in [0.29, 0.717) is 29.6 Å². The highest BCUT2D eigenvalue weighted by molar-refractivity contribution is 5.97. The van der Waals surface area contributed by atoms with Gasteiger partial charge in [0, 0.05) is 74.7 Å². The zero-order valence-electron chi connectivity index (χ0n) is 26.7. The Bertz CT molecular complexity index is 1820. The highest BCUT2D eigenvalue weighted by Crippen LogP contribution is 2.33. The molecule has 5 aromatic rings. The van der Waals surface area contributed by atoms with Crippen LogP contribution in [-0.2, 0) is 13.5 Å². The van der Waals surface area contributed by atoms with Crippen LogP contribution in [0.4, 0.5) is 11.6 Å². The van der Waals surface area contributed by atoms with Crippen molar-refractivity contribution in [1.29, 1.82) is 0 Å². The van der Waals surface area contributed by atoms with Crippen molar-refractivity contribution in [2.75, 3.05) is 52.2 Å². The van der Waals surface area contributed by atoms with E-state index in [2.05, 4.69) is 60.7 Å². The Balaban J connectivity index is 1.21. The van der Waals surface area contributed by atoms with Crippen molar-refractivity contribution < 1.29 is 14.6 Å². The van der Waals surface area contributed by atoms with Crippen molar-refractivity contribution in [3.05, 3.63) is 77.7 Å². The SMILES string of the molecule is COc1nn(C)cc1Nc1ncc(C)c(-c2c[nH]c3c(CC[C@@H](CNC(=O)c4ccccc4O)N4CCN(C)CC4)cccc23)n1. The van der Waals surface area contributed by atoms with Crippen LogP contribution in [0.5, 0.6) is 11.6 Å². The monoisotopic (exact) mass is 623 g/mol. The predicted octanol–water partition coefficient (Wildman–Crippen LogP) is 4.10. The summed E-state index contributed by atoms with van der Waals surface area (Å²) in [7, 11) is 5.56. The van der Waals surface area contributed by atoms with Crippen LogP contribution in [0.15, 0.2) is 61.1 Å². The fourth-order valence-corrected chi connectivity index (χ4v) is 6.12. The molecule has 46 heavy (non-hydrogen) atoms. The topological polar surface area (TPSA) is 136 Å². The van der Waals surface area contributed by atoms with Crippen LogP contribution in [0.25, 0.3) is 22.2 Å². The highest BCUT2D eigenvalue weighted by atomic mass is 16.5. The number of hydrogen-bond donors (Lipinski definition) is 4. The maximum atomic E-state index is 13.0. The highest BCUT2D eigenvalue weighted by Gasteiger charge is 2.24. The maximum Gasteiger partial charge on any atom is 0.256 e. The number of aromatic nitrogens is 5. The zero-order valence-corrected chi connectivity index (χ0v) is 26.7. The molecule has 1 aliphatic heterocycles. The normalized spacial score (nSPS) is 14.8. The van der Waals surface area contributed by atoms with Gasteiger partial charge in [0.25, 0.3) is 11.8 Å². The Morgan fingerprint density at radius 2 is 1.91 bits per heavy atom. The van der Waals surface area contributed by atoms with Crippen LogP contribution >= 0.6 is 0 Å². The smallest absolute Gasteiger partial charge is 0.256 e. The van der Waals surface area contributed by atoms with Gasteiger partial charge in [-0.3, -0.25) is 14.4 Å². The number of anilines is 2. The Hall–Kier alpha value is -4.94. The number of likely N-dealkylation sites (N-methyl/N-ethyl adjacent to an activating group) is 1. The molecule has 1 saturated heterocycles. The van der Waals surface area contributed by atoms with E-state index >= 15 is 0 Å². The van der Waals surface area contributed by atoms with E-state index in [1.165, 1.54) is 11.6 Å². The number of carbonyl (C=O) groups is 1. The maximum absolute atomic E-state index is 13.0. The lowest BCUT2D eigenvalue weighted by molar-refractivity contribution is 0.0872. The third-order valence-electron chi connectivity index (χ3n) is 8.71. The number of H-pyrrole nitrogens is 1. The molecule has 0 radical (unpaired) electrons. The summed E-state index contributed by atoms with van der Waals surface area (Å²) in [5, 5.41) is 21.9. The van der Waals surface area contributed by atoms with Gasteiger partial charge in [-0.25, -0.2) is 9.97 Å². The number of nitrogens with zero attached hydrogens (tertiary/aromatic N) is 6. The first-order chi connectivity index (χ1) is 22.3. The van der Waals surface area contributed by atoms with Gasteiger partial charge in [0.2, 0.25) is 5.95 Å². The average Bonchev–Trinajstić information content (AvgIpc) is 3.65. The van der Waals surface area contributed by atoms with Gasteiger partial charge in [-0.15, -0.1) is 5.10 Å². The van der Waals surface area contributed by atoms with Gasteiger partial charge >= 0.3 is 0 Å². The minimum atomic E-state index is -0.260. The number of fused-ring (bicyclic) bond motifs is 1. The molecule has 12 heteroatoms. The number of methoxy groups -OCH3 is 1. The molecule has 0 saturated carbocycles. The van der Waals surface area contributed by atoms with Gasteiger partial charge in [0.1, 0.15) is 11.4 Å². The van der Waals surface area contributed by atoms with Crippen molar-refractivity contribution >= 4 is 28.4 Å². The molecule has 1 fully saturated rings. The summed E-state index contributed by atoms with van der Waals surface area (Å²) < 4.78 is 7.05. The number of carbonyl (C=O) groups excluding carboxylic acids is 1. The summed E-state index contributed by atoms with van der Waals surface area (Å²) in [6, 6.07) is 13.2. The van der Waals surface area contributed by atoms with Gasteiger partial charge in [0.15, 0.2) is 0 Å². The van der Waals surface area contributed by atoms with E-state index in [0.717, 1.165) is 66.7 Å². The lowest BCUT2D eigenvalue weighted by Gasteiger charge is -2.38. The summed E-state index contributed by atoms with van der Waals surface area (Å²) >= 11 is 0. The minimum absolute atomic E-state index is 0.0102. The molecule has 1 aliphatic rings. The molecule has 0 unspecified atom stereocenters. The molecule has 1 amide bonds. The molecule has 240 valence electrons. The number of nitrogens with one attached hydrogen (secondary N) is 3. The fourth-order valence-electron chi connectivity index (χ4n) is 6.12. The number of aryl methyl sites for hydroxylation is 3. The lowest BCUT2D eigenvalue weighted by Crippen LogP contribution is -2.52. The Morgan fingerprint density at radius 1 is 1.11 bits per heavy atom. The number of amides is 1. The minimum Gasteiger partial charge on any atom is -0.507 e. The van der Waals surface area contributed by atoms with E-state index in [9.17, 15) is 9.90 Å². The second-order valence-electron chi connectivity index (χ2n) is 11.9. The number of phenols is 1. The van der Waals surface area contributed by atoms with Crippen LogP contribution in [-0.4, -0.2) is 98.5 Å². The first-order valence-electron chi connectivity index (χ1n) is 15.6. The number of piperazine rings is 1. The number of ether oxygens (including phenoxy) is 1. The number of para-hydroxylation sites is 2. The largest absolute Gasteiger partial charge is 0.507 e. The Labute approximate surface area is 268 Å². The van der Waals surface area contributed by atoms with E-state index in [-0.39, 0.29) is 17.7 Å². The van der Waals surface area contributed by atoms with Crippen molar-refractivity contribution in [3.63, 3.8) is 0 Å². The van der Waals surface area contributed by atoms with Crippen molar-refractivity contribution in [3.8, 4) is 22.9 Å². The van der Waals surface area contributed by atoms with Gasteiger partial charge in [-0.1, -0.05) is 30.3 Å². The molecule has 2 aromatic carbocycles. The lowest BCUT2D eigenvalue weighted by atomic mass is 9.99. The number of aromatic amines is 1. The molecular weight excluding hydrogens is 582 g/mol. The standard InChI is InChI=1S/C34H41N9O3/c1-22-18-37-34(38-28-21-42(3)40-33(28)46-4)39-30(22)27-20-35-31-23(8-7-10-25(27)31)12-13-24(43-16-14-41(2)15-17-43)19-36-32(45)26-9-5-6-11-29(26)44/h5-11,18,20-21,24,35,44H,12-17,19H2,1-4H3,(H,36,45)(H,37,38,39)/t24-/m0/s1. The quantitative estimate of drug-likeness (QED) is 0.171. The molecular formula is C34H41N9O3. The van der Waals surface area contributed by atoms with Crippen LogP contribution in [0.1, 0.15) is 27.9 Å². The van der Waals surface area contributed by atoms with E-state index in [4.69, 9.17) is 9.72 Å². The molecule has 0 bridgehead atoms. The van der Waals surface area contributed by atoms with Crippen LogP contribution in [0.2, 0.25) is 0 Å². The Morgan fingerprint density at radius 3 is 2.70 bits per heavy atom. The average molecular weight is 624 g/mol. The van der Waals surface area contributed by atoms with Gasteiger partial charge < -0.3 is 30.4 Å². The predicted molar refractivity (Wildman–Crippen MR) is 179 cm³/mol. The van der Waals surface area contributed by atoms with E-state index in [1.54, 1.807) is 30.0 Å². The first-order valence-corrected chi connectivity index (χ1v) is 15.6. The number of hydrogen-bond acceptors (Lipinski definition) is 9. The van der Waals surface area contributed by atoms with Gasteiger partial charge in [-0.2, -0.15) is 0 Å². The molecule has 0 aliphatic carbocycles. The summed E-state index contributed by atoms with van der Waals surface area (Å²) in [6.45, 7) is 6.37. The summed E-state index contributed by atoms with van der Waals surface area (Å²) in [4.78, 5) is 30.7. The molecule has 3 aromatic heterocycles. The molecule has 0 spiro atoms. The second kappa shape index (κ2) is 13.6. The summed E-state index contributed by atoms with van der Waals surface area (Å²) in [6.07, 6.45) is 7.36. The van der Waals surface area contributed by atoms with Crippen molar-refractivity contribution in [2.24, 2.45) is 7.05 Å². The van der Waals surface area contributed by atoms with E-state index < -0.39 is 0 Å². The molecule has 12 nitrogen and oxygen atoms in total. The number of benzene rings is 2. The first kappa shape index (κ1) is 31.1. The molecule has 4 heterocycles. The summed E-state index contributed by atoms with van der Waals surface area (Å²) in [5.74, 6) is 0.657. The molecule has 1 atom stereocenters. The third-order valence-corrected chi connectivity index (χ3v) is 8.71. The Kier molecular flexibility index (Phi) is 9.18. The van der Waals surface area contributed by atoms with Crippen LogP contribution < -0.4 is 15.4 Å². The number of rotatable bonds is 11. The third kappa shape index (κ3) is 6.68. The van der Waals surface area contributed by atoms with Crippen molar-refractivity contribution in [1.82, 2.24) is 39.8 Å². The molecule has 6 rings (SSSR count). The number of phenolic OH excluding ortho intramolecular Hbond substituents is 1. The van der Waals surface area contributed by atoms with Crippen LogP contribution in [0.3, 0.4) is 0 Å². The van der Waals surface area contributed by atoms with Crippen LogP contribution in [0, 0.1) is 6.92 Å². The fraction of sp³-hybridized carbons (Fsp3) is 0.353. The van der Waals surface area contributed by atoms with Gasteiger partial charge in [-0.05, 0) is 50.1 Å². The summed E-state index contributed by atoms with van der Waals surface area (Å²) in [5.41, 5.74) is 6.07.